The minimum Gasteiger partial charge on any atom is -0.475 e. The van der Waals surface area contributed by atoms with Crippen LogP contribution in [0.5, 0.6) is 0 Å². The smallest absolute Gasteiger partial charge is 0.373 e. The average molecular weight is 417 g/mol. The monoisotopic (exact) mass is 416 g/mol. The van der Waals surface area contributed by atoms with Gasteiger partial charge >= 0.3 is 5.97 Å². The number of nitrogens with zero attached hydrogens (tertiary/aromatic N) is 3. The van der Waals surface area contributed by atoms with Crippen molar-refractivity contribution in [2.24, 2.45) is 0 Å². The van der Waals surface area contributed by atoms with E-state index < -0.39 is 29.6 Å². The molecule has 0 aliphatic rings. The van der Waals surface area contributed by atoms with Crippen molar-refractivity contribution < 1.29 is 19.1 Å². The molecule has 0 saturated heterocycles. The molecule has 0 bridgehead atoms. The van der Waals surface area contributed by atoms with Gasteiger partial charge in [-0.25, -0.2) is 18.9 Å². The fraction of sp³-hybridized carbons (Fsp3) is 0.200. The summed E-state index contributed by atoms with van der Waals surface area (Å²) in [7, 11) is 0. The first-order valence-electron chi connectivity index (χ1n) is 8.87. The van der Waals surface area contributed by atoms with Crippen molar-refractivity contribution in [3.8, 4) is 11.4 Å². The molecule has 0 spiro atoms. The fourth-order valence-corrected chi connectivity index (χ4v) is 2.93. The number of rotatable bonds is 7. The zero-order chi connectivity index (χ0) is 21.0. The zero-order valence-electron chi connectivity index (χ0n) is 15.5. The number of aromatic carboxylic acids is 1. The highest BCUT2D eigenvalue weighted by molar-refractivity contribution is 6.30. The number of aromatic nitrogens is 3. The molecule has 1 aromatic heterocycles. The van der Waals surface area contributed by atoms with Crippen LogP contribution in [0.2, 0.25) is 5.02 Å². The molecule has 3 rings (SSSR count). The van der Waals surface area contributed by atoms with E-state index in [1.54, 1.807) is 6.92 Å². The lowest BCUT2D eigenvalue weighted by molar-refractivity contribution is -0.124. The molecule has 1 amide bonds. The summed E-state index contributed by atoms with van der Waals surface area (Å²) < 4.78 is 14.8. The maximum atomic E-state index is 13.8. The van der Waals surface area contributed by atoms with E-state index >= 15 is 0 Å². The first-order valence-corrected chi connectivity index (χ1v) is 9.25. The molecule has 150 valence electrons. The molecule has 0 fully saturated rings. The minimum absolute atomic E-state index is 0.00715. The van der Waals surface area contributed by atoms with E-state index in [0.717, 1.165) is 16.3 Å². The summed E-state index contributed by atoms with van der Waals surface area (Å²) in [6, 6.07) is 12.4. The highest BCUT2D eigenvalue weighted by atomic mass is 35.5. The summed E-state index contributed by atoms with van der Waals surface area (Å²) in [6.45, 7) is 2.03. The Morgan fingerprint density at radius 1 is 1.24 bits per heavy atom. The van der Waals surface area contributed by atoms with Crippen LogP contribution in [-0.2, 0) is 11.3 Å². The van der Waals surface area contributed by atoms with Gasteiger partial charge in [-0.1, -0.05) is 48.9 Å². The summed E-state index contributed by atoms with van der Waals surface area (Å²) in [5.41, 5.74) is 1.16. The van der Waals surface area contributed by atoms with Gasteiger partial charge in [-0.2, -0.15) is 0 Å². The largest absolute Gasteiger partial charge is 0.475 e. The summed E-state index contributed by atoms with van der Waals surface area (Å²) in [4.78, 5) is 28.3. The second-order valence-electron chi connectivity index (χ2n) is 6.27. The Labute approximate surface area is 171 Å². The van der Waals surface area contributed by atoms with Crippen molar-refractivity contribution in [3.05, 3.63) is 70.8 Å². The highest BCUT2D eigenvalue weighted by Gasteiger charge is 2.27. The van der Waals surface area contributed by atoms with E-state index in [9.17, 15) is 19.1 Å². The molecule has 2 N–H and O–H groups in total. The van der Waals surface area contributed by atoms with Crippen molar-refractivity contribution in [2.75, 3.05) is 0 Å². The van der Waals surface area contributed by atoms with Crippen LogP contribution < -0.4 is 5.32 Å². The lowest BCUT2D eigenvalue weighted by Crippen LogP contribution is -2.34. The van der Waals surface area contributed by atoms with Crippen molar-refractivity contribution in [3.63, 3.8) is 0 Å². The number of carboxylic acid groups (broad SMARTS) is 1. The Morgan fingerprint density at radius 2 is 1.97 bits per heavy atom. The van der Waals surface area contributed by atoms with Gasteiger partial charge in [0.15, 0.2) is 5.82 Å². The second-order valence-corrected chi connectivity index (χ2v) is 6.67. The van der Waals surface area contributed by atoms with Gasteiger partial charge in [-0.3, -0.25) is 4.79 Å². The molecule has 0 saturated carbocycles. The van der Waals surface area contributed by atoms with Gasteiger partial charge in [-0.15, -0.1) is 5.10 Å². The average Bonchev–Trinajstić information content (AvgIpc) is 3.15. The van der Waals surface area contributed by atoms with Crippen molar-refractivity contribution in [1.29, 1.82) is 0 Å². The quantitative estimate of drug-likeness (QED) is 0.612. The third-order valence-corrected chi connectivity index (χ3v) is 4.60. The molecule has 9 heteroatoms. The molecule has 1 atom stereocenters. The minimum atomic E-state index is -1.34. The molecule has 7 nitrogen and oxygen atoms in total. The lowest BCUT2D eigenvalue weighted by atomic mass is 10.2. The van der Waals surface area contributed by atoms with Gasteiger partial charge in [0.05, 0.1) is 5.02 Å². The van der Waals surface area contributed by atoms with Crippen LogP contribution in [0, 0.1) is 5.82 Å². The first kappa shape index (κ1) is 20.5. The van der Waals surface area contributed by atoms with Gasteiger partial charge < -0.3 is 10.4 Å². The topological polar surface area (TPSA) is 97.1 Å². The molecule has 0 radical (unpaired) electrons. The van der Waals surface area contributed by atoms with Crippen LogP contribution in [0.1, 0.15) is 35.6 Å². The molecule has 0 aliphatic heterocycles. The van der Waals surface area contributed by atoms with Crippen molar-refractivity contribution >= 4 is 23.5 Å². The fourth-order valence-electron chi connectivity index (χ4n) is 2.82. The number of halogens is 2. The van der Waals surface area contributed by atoms with Crippen molar-refractivity contribution in [1.82, 2.24) is 20.1 Å². The van der Waals surface area contributed by atoms with Gasteiger partial charge in [0.25, 0.3) is 0 Å². The molecule has 1 heterocycles. The molecule has 29 heavy (non-hydrogen) atoms. The van der Waals surface area contributed by atoms with Crippen LogP contribution in [-0.4, -0.2) is 31.7 Å². The summed E-state index contributed by atoms with van der Waals surface area (Å²) in [5.74, 6) is -2.82. The Hall–Kier alpha value is -3.26. The van der Waals surface area contributed by atoms with E-state index in [0.29, 0.717) is 13.0 Å². The highest BCUT2D eigenvalue weighted by Crippen LogP contribution is 2.24. The number of hydrogen-bond acceptors (Lipinski definition) is 4. The molecule has 0 aliphatic carbocycles. The van der Waals surface area contributed by atoms with Crippen molar-refractivity contribution in [2.45, 2.75) is 25.9 Å². The predicted molar refractivity (Wildman–Crippen MR) is 105 cm³/mol. The molecule has 3 aromatic rings. The first-order chi connectivity index (χ1) is 13.9. The van der Waals surface area contributed by atoms with E-state index in [1.807, 2.05) is 30.3 Å². The molecular weight excluding hydrogens is 399 g/mol. The van der Waals surface area contributed by atoms with E-state index in [-0.39, 0.29) is 16.4 Å². The number of benzene rings is 2. The second kappa shape index (κ2) is 8.83. The van der Waals surface area contributed by atoms with Crippen LogP contribution >= 0.6 is 11.6 Å². The number of carboxylic acids is 1. The van der Waals surface area contributed by atoms with Gasteiger partial charge in [0, 0.05) is 12.1 Å². The third-order valence-electron chi connectivity index (χ3n) is 4.29. The van der Waals surface area contributed by atoms with Crippen LogP contribution in [0.4, 0.5) is 4.39 Å². The predicted octanol–water partition coefficient (Wildman–Crippen LogP) is 3.70. The van der Waals surface area contributed by atoms with Crippen LogP contribution in [0.15, 0.2) is 48.5 Å². The number of carbonyl (C=O) groups is 2. The standard InChI is InChI=1S/C20H18ClFN4O3/c1-2-16(19(27)23-11-12-6-4-3-5-7-12)26-18(20(28)29)24-17(25-26)13-8-9-14(21)15(22)10-13/h3-10,16H,2,11H2,1H3,(H,23,27)(H,28,29). The maximum Gasteiger partial charge on any atom is 0.373 e. The number of hydrogen-bond donors (Lipinski definition) is 2. The number of carbonyl (C=O) groups excluding carboxylic acids is 1. The van der Waals surface area contributed by atoms with E-state index in [1.165, 1.54) is 12.1 Å². The molecular formula is C20H18ClFN4O3. The zero-order valence-corrected chi connectivity index (χ0v) is 16.2. The Bertz CT molecular complexity index is 1040. The van der Waals surface area contributed by atoms with Crippen LogP contribution in [0.25, 0.3) is 11.4 Å². The van der Waals surface area contributed by atoms with Gasteiger partial charge in [-0.05, 0) is 30.2 Å². The molecule has 1 unspecified atom stereocenters. The van der Waals surface area contributed by atoms with E-state index in [4.69, 9.17) is 11.6 Å². The SMILES string of the molecule is CCC(C(=O)NCc1ccccc1)n1nc(-c2ccc(Cl)c(F)c2)nc1C(=O)O. The number of amides is 1. The lowest BCUT2D eigenvalue weighted by Gasteiger charge is -2.16. The summed E-state index contributed by atoms with van der Waals surface area (Å²) in [5, 5.41) is 16.4. The number of nitrogens with one attached hydrogen (secondary N) is 1. The normalized spacial score (nSPS) is 11.8. The van der Waals surface area contributed by atoms with E-state index in [2.05, 4.69) is 15.4 Å². The summed E-state index contributed by atoms with van der Waals surface area (Å²) >= 11 is 5.69. The Kier molecular flexibility index (Phi) is 6.23. The Balaban J connectivity index is 1.89. The molecule has 2 aromatic carbocycles. The Morgan fingerprint density at radius 3 is 2.59 bits per heavy atom. The summed E-state index contributed by atoms with van der Waals surface area (Å²) in [6.07, 6.45) is 0.290. The van der Waals surface area contributed by atoms with Crippen LogP contribution in [0.3, 0.4) is 0 Å². The third kappa shape index (κ3) is 4.60. The maximum absolute atomic E-state index is 13.8. The van der Waals surface area contributed by atoms with Gasteiger partial charge in [0.1, 0.15) is 11.9 Å². The van der Waals surface area contributed by atoms with Gasteiger partial charge in [0.2, 0.25) is 11.7 Å².